The second-order valence-electron chi connectivity index (χ2n) is 7.71. The van der Waals surface area contributed by atoms with Gasteiger partial charge in [0.2, 0.25) is 5.78 Å². The van der Waals surface area contributed by atoms with E-state index in [4.69, 9.17) is 9.72 Å². The summed E-state index contributed by atoms with van der Waals surface area (Å²) in [6.45, 7) is 0. The first kappa shape index (κ1) is 19.2. The van der Waals surface area contributed by atoms with Crippen molar-refractivity contribution in [3.63, 3.8) is 0 Å². The molecule has 3 aromatic carbocycles. The van der Waals surface area contributed by atoms with Gasteiger partial charge in [0.15, 0.2) is 6.10 Å². The van der Waals surface area contributed by atoms with Crippen molar-refractivity contribution < 1.29 is 14.3 Å². The summed E-state index contributed by atoms with van der Waals surface area (Å²) in [6, 6.07) is 25.7. The summed E-state index contributed by atoms with van der Waals surface area (Å²) in [5.41, 5.74) is 4.38. The minimum atomic E-state index is -1.01. The number of Topliss-reactive ketones (excluding diaryl/α,β-unsaturated/α-hetero) is 1. The van der Waals surface area contributed by atoms with Crippen LogP contribution in [0, 0.1) is 0 Å². The molecule has 152 valence electrons. The molecule has 4 heteroatoms. The number of esters is 1. The van der Waals surface area contributed by atoms with Crippen LogP contribution < -0.4 is 0 Å². The van der Waals surface area contributed by atoms with Gasteiger partial charge in [-0.2, -0.15) is 0 Å². The molecule has 0 radical (unpaired) electrons. The molecule has 0 amide bonds. The van der Waals surface area contributed by atoms with Crippen molar-refractivity contribution in [3.8, 4) is 0 Å². The molecule has 0 spiro atoms. The van der Waals surface area contributed by atoms with Crippen LogP contribution in [0.3, 0.4) is 0 Å². The summed E-state index contributed by atoms with van der Waals surface area (Å²) in [5.74, 6) is -0.718. The predicted octanol–water partition coefficient (Wildman–Crippen LogP) is 5.50. The lowest BCUT2D eigenvalue weighted by atomic mass is 9.98. The van der Waals surface area contributed by atoms with Crippen LogP contribution in [0.4, 0.5) is 0 Å². The normalized spacial score (nSPS) is 13.5. The lowest BCUT2D eigenvalue weighted by molar-refractivity contribution is 0.0281. The highest BCUT2D eigenvalue weighted by molar-refractivity contribution is 6.07. The summed E-state index contributed by atoms with van der Waals surface area (Å²) in [6.07, 6.45) is 1.59. The Hall–Kier alpha value is -3.79. The van der Waals surface area contributed by atoms with E-state index in [0.717, 1.165) is 41.4 Å². The van der Waals surface area contributed by atoms with Gasteiger partial charge in [-0.3, -0.25) is 9.78 Å². The van der Waals surface area contributed by atoms with Gasteiger partial charge in [-0.15, -0.1) is 0 Å². The van der Waals surface area contributed by atoms with Crippen molar-refractivity contribution in [2.75, 3.05) is 0 Å². The van der Waals surface area contributed by atoms with Gasteiger partial charge in [0.25, 0.3) is 0 Å². The number of hydrogen-bond acceptors (Lipinski definition) is 4. The van der Waals surface area contributed by atoms with E-state index in [1.54, 1.807) is 24.3 Å². The van der Waals surface area contributed by atoms with Crippen LogP contribution >= 0.6 is 0 Å². The maximum atomic E-state index is 13.5. The van der Waals surface area contributed by atoms with E-state index < -0.39 is 12.1 Å². The number of nitrogens with zero attached hydrogens (tertiary/aromatic N) is 1. The number of fused-ring (bicyclic) bond motifs is 2. The van der Waals surface area contributed by atoms with Crippen LogP contribution in [0.5, 0.6) is 0 Å². The average molecular weight is 407 g/mol. The van der Waals surface area contributed by atoms with Crippen LogP contribution in [0.15, 0.2) is 84.9 Å². The number of pyridine rings is 1. The van der Waals surface area contributed by atoms with Crippen molar-refractivity contribution in [1.29, 1.82) is 0 Å². The van der Waals surface area contributed by atoms with Crippen molar-refractivity contribution in [3.05, 3.63) is 113 Å². The molecular formula is C27H21NO3. The molecule has 0 bridgehead atoms. The Morgan fingerprint density at radius 2 is 1.48 bits per heavy atom. The number of para-hydroxylation sites is 1. The van der Waals surface area contributed by atoms with Gasteiger partial charge in [-0.05, 0) is 30.9 Å². The number of benzene rings is 3. The summed E-state index contributed by atoms with van der Waals surface area (Å²) in [4.78, 5) is 31.6. The number of carbonyl (C=O) groups excluding carboxylic acids is 2. The third-order valence-electron chi connectivity index (χ3n) is 5.75. The molecule has 0 N–H and O–H groups in total. The fourth-order valence-electron chi connectivity index (χ4n) is 4.26. The number of aryl methyl sites for hydroxylation is 1. The molecule has 0 saturated heterocycles. The molecule has 1 aromatic heterocycles. The second-order valence-corrected chi connectivity index (χ2v) is 7.71. The Balaban J connectivity index is 1.58. The summed E-state index contributed by atoms with van der Waals surface area (Å²) in [5, 5.41) is 0.770. The largest absolute Gasteiger partial charge is 0.445 e. The lowest BCUT2D eigenvalue weighted by Crippen LogP contribution is -2.21. The zero-order valence-corrected chi connectivity index (χ0v) is 17.0. The SMILES string of the molecule is O=C(OC(C(=O)c1ccccc1)c1ccccc1)c1c2c(nc3ccccc13)CCC2. The van der Waals surface area contributed by atoms with Gasteiger partial charge in [-0.1, -0.05) is 78.9 Å². The molecular weight excluding hydrogens is 386 g/mol. The van der Waals surface area contributed by atoms with Crippen LogP contribution in [0.25, 0.3) is 10.9 Å². The third kappa shape index (κ3) is 3.61. The topological polar surface area (TPSA) is 56.3 Å². The smallest absolute Gasteiger partial charge is 0.340 e. The number of carbonyl (C=O) groups is 2. The van der Waals surface area contributed by atoms with Gasteiger partial charge in [0, 0.05) is 22.2 Å². The summed E-state index contributed by atoms with van der Waals surface area (Å²) >= 11 is 0. The molecule has 5 rings (SSSR count). The zero-order chi connectivity index (χ0) is 21.2. The number of rotatable bonds is 5. The third-order valence-corrected chi connectivity index (χ3v) is 5.75. The molecule has 4 aromatic rings. The monoisotopic (exact) mass is 407 g/mol. The lowest BCUT2D eigenvalue weighted by Gasteiger charge is -2.19. The van der Waals surface area contributed by atoms with Crippen LogP contribution in [0.1, 0.15) is 50.1 Å². The fourth-order valence-corrected chi connectivity index (χ4v) is 4.26. The highest BCUT2D eigenvalue weighted by Crippen LogP contribution is 2.32. The van der Waals surface area contributed by atoms with Gasteiger partial charge in [0.1, 0.15) is 0 Å². The van der Waals surface area contributed by atoms with E-state index in [9.17, 15) is 9.59 Å². The number of hydrogen-bond donors (Lipinski definition) is 0. The first-order valence-electron chi connectivity index (χ1n) is 10.5. The van der Waals surface area contributed by atoms with Crippen molar-refractivity contribution in [2.45, 2.75) is 25.4 Å². The van der Waals surface area contributed by atoms with E-state index in [1.165, 1.54) is 0 Å². The average Bonchev–Trinajstić information content (AvgIpc) is 3.29. The molecule has 4 nitrogen and oxygen atoms in total. The van der Waals surface area contributed by atoms with Gasteiger partial charge in [-0.25, -0.2) is 4.79 Å². The van der Waals surface area contributed by atoms with Crippen molar-refractivity contribution >= 4 is 22.7 Å². The Morgan fingerprint density at radius 3 is 2.26 bits per heavy atom. The number of ether oxygens (including phenoxy) is 1. The maximum absolute atomic E-state index is 13.5. The molecule has 0 fully saturated rings. The van der Waals surface area contributed by atoms with Gasteiger partial charge >= 0.3 is 5.97 Å². The molecule has 1 unspecified atom stereocenters. The predicted molar refractivity (Wildman–Crippen MR) is 119 cm³/mol. The minimum Gasteiger partial charge on any atom is -0.445 e. The second kappa shape index (κ2) is 8.15. The van der Waals surface area contributed by atoms with Gasteiger partial charge < -0.3 is 4.74 Å². The van der Waals surface area contributed by atoms with Gasteiger partial charge in [0.05, 0.1) is 11.1 Å². The molecule has 1 aliphatic rings. The zero-order valence-electron chi connectivity index (χ0n) is 17.0. The first-order chi connectivity index (χ1) is 15.2. The van der Waals surface area contributed by atoms with Crippen molar-refractivity contribution in [1.82, 2.24) is 4.98 Å². The Morgan fingerprint density at radius 1 is 0.806 bits per heavy atom. The van der Waals surface area contributed by atoms with Crippen LogP contribution in [0.2, 0.25) is 0 Å². The van der Waals surface area contributed by atoms with E-state index >= 15 is 0 Å². The quantitative estimate of drug-likeness (QED) is 0.324. The maximum Gasteiger partial charge on any atom is 0.340 e. The number of ketones is 1. The molecule has 1 heterocycles. The molecule has 1 atom stereocenters. The molecule has 0 saturated carbocycles. The number of aromatic nitrogens is 1. The molecule has 1 aliphatic carbocycles. The highest BCUT2D eigenvalue weighted by atomic mass is 16.5. The Kier molecular flexibility index (Phi) is 5.04. The summed E-state index contributed by atoms with van der Waals surface area (Å²) < 4.78 is 5.96. The molecule has 31 heavy (non-hydrogen) atoms. The highest BCUT2D eigenvalue weighted by Gasteiger charge is 2.30. The van der Waals surface area contributed by atoms with E-state index in [-0.39, 0.29) is 5.78 Å². The fraction of sp³-hybridized carbons (Fsp3) is 0.148. The Bertz CT molecular complexity index is 1270. The van der Waals surface area contributed by atoms with E-state index in [0.29, 0.717) is 16.7 Å². The van der Waals surface area contributed by atoms with Crippen LogP contribution in [-0.2, 0) is 17.6 Å². The van der Waals surface area contributed by atoms with E-state index in [2.05, 4.69) is 0 Å². The van der Waals surface area contributed by atoms with E-state index in [1.807, 2.05) is 60.7 Å². The first-order valence-corrected chi connectivity index (χ1v) is 10.5. The standard InChI is InChI=1S/C27H21NO3/c29-25(18-10-3-1-4-11-18)26(19-12-5-2-6-13-19)31-27(30)24-20-14-7-8-16-22(20)28-23-17-9-15-21(23)24/h1-8,10-14,16,26H,9,15,17H2. The summed E-state index contributed by atoms with van der Waals surface area (Å²) in [7, 11) is 0. The van der Waals surface area contributed by atoms with Crippen molar-refractivity contribution in [2.24, 2.45) is 0 Å². The van der Waals surface area contributed by atoms with Crippen LogP contribution in [-0.4, -0.2) is 16.7 Å². The molecule has 0 aliphatic heterocycles. The Labute approximate surface area is 180 Å². The minimum absolute atomic E-state index is 0.241.